The molecule has 0 aliphatic carbocycles. The van der Waals surface area contributed by atoms with Gasteiger partial charge < -0.3 is 20.1 Å². The maximum atomic E-state index is 11.9. The quantitative estimate of drug-likeness (QED) is 0.819. The van der Waals surface area contributed by atoms with Gasteiger partial charge in [0.15, 0.2) is 11.5 Å². The van der Waals surface area contributed by atoms with E-state index >= 15 is 0 Å². The number of hydrogen-bond acceptors (Lipinski definition) is 6. The third-order valence-corrected chi connectivity index (χ3v) is 3.91. The van der Waals surface area contributed by atoms with Crippen LogP contribution in [0.1, 0.15) is 10.5 Å². The first kappa shape index (κ1) is 13.8. The monoisotopic (exact) mass is 305 g/mol. The zero-order chi connectivity index (χ0) is 14.7. The molecule has 0 fully saturated rings. The first-order valence-corrected chi connectivity index (χ1v) is 7.44. The number of benzene rings is 1. The van der Waals surface area contributed by atoms with Gasteiger partial charge >= 0.3 is 0 Å². The average molecular weight is 305 g/mol. The van der Waals surface area contributed by atoms with E-state index in [1.54, 1.807) is 5.38 Å². The van der Waals surface area contributed by atoms with Crippen molar-refractivity contribution in [1.29, 1.82) is 0 Å². The standard InChI is InChI=1S/C14H15N3O3S/c1-15-4-5-16-13(18)10-7-21-14(17-10)9-2-3-11-12(6-9)20-8-19-11/h2-3,6-7,15H,4-5,8H2,1H3,(H,16,18). The molecule has 1 aromatic heterocycles. The van der Waals surface area contributed by atoms with Gasteiger partial charge in [0.2, 0.25) is 6.79 Å². The molecule has 21 heavy (non-hydrogen) atoms. The number of hydrogen-bond donors (Lipinski definition) is 2. The molecule has 7 heteroatoms. The minimum absolute atomic E-state index is 0.159. The fraction of sp³-hybridized carbons (Fsp3) is 0.286. The zero-order valence-electron chi connectivity index (χ0n) is 11.5. The molecule has 1 aromatic carbocycles. The van der Waals surface area contributed by atoms with Crippen molar-refractivity contribution in [1.82, 2.24) is 15.6 Å². The molecule has 0 unspecified atom stereocenters. The summed E-state index contributed by atoms with van der Waals surface area (Å²) in [7, 11) is 1.84. The van der Waals surface area contributed by atoms with E-state index in [1.807, 2.05) is 25.2 Å². The molecule has 2 heterocycles. The van der Waals surface area contributed by atoms with Crippen LogP contribution < -0.4 is 20.1 Å². The highest BCUT2D eigenvalue weighted by molar-refractivity contribution is 7.13. The SMILES string of the molecule is CNCCNC(=O)c1csc(-c2ccc3c(c2)OCO3)n1. The first-order chi connectivity index (χ1) is 10.3. The minimum atomic E-state index is -0.159. The number of thiazole rings is 1. The summed E-state index contributed by atoms with van der Waals surface area (Å²) in [6, 6.07) is 5.64. The van der Waals surface area contributed by atoms with E-state index in [9.17, 15) is 4.79 Å². The Morgan fingerprint density at radius 3 is 3.05 bits per heavy atom. The maximum absolute atomic E-state index is 11.9. The van der Waals surface area contributed by atoms with Crippen LogP contribution in [0, 0.1) is 0 Å². The Labute approximate surface area is 126 Å². The Kier molecular flexibility index (Phi) is 4.03. The summed E-state index contributed by atoms with van der Waals surface area (Å²) >= 11 is 1.43. The van der Waals surface area contributed by atoms with Gasteiger partial charge in [-0.3, -0.25) is 4.79 Å². The predicted molar refractivity (Wildman–Crippen MR) is 79.9 cm³/mol. The number of rotatable bonds is 5. The van der Waals surface area contributed by atoms with Crippen molar-refractivity contribution in [3.63, 3.8) is 0 Å². The van der Waals surface area contributed by atoms with Gasteiger partial charge in [-0.2, -0.15) is 0 Å². The topological polar surface area (TPSA) is 72.5 Å². The largest absolute Gasteiger partial charge is 0.454 e. The van der Waals surface area contributed by atoms with Gasteiger partial charge in [-0.25, -0.2) is 4.98 Å². The van der Waals surface area contributed by atoms with Gasteiger partial charge in [-0.05, 0) is 25.2 Å². The molecule has 0 saturated carbocycles. The van der Waals surface area contributed by atoms with Crippen molar-refractivity contribution >= 4 is 17.2 Å². The normalized spacial score (nSPS) is 12.4. The molecule has 110 valence electrons. The zero-order valence-corrected chi connectivity index (χ0v) is 12.3. The minimum Gasteiger partial charge on any atom is -0.454 e. The Balaban J connectivity index is 1.74. The van der Waals surface area contributed by atoms with E-state index in [0.29, 0.717) is 18.0 Å². The highest BCUT2D eigenvalue weighted by Gasteiger charge is 2.16. The smallest absolute Gasteiger partial charge is 0.270 e. The molecule has 1 aliphatic rings. The summed E-state index contributed by atoms with van der Waals surface area (Å²) in [5.41, 5.74) is 1.35. The summed E-state index contributed by atoms with van der Waals surface area (Å²) in [6.07, 6.45) is 0. The molecular formula is C14H15N3O3S. The van der Waals surface area contributed by atoms with Crippen LogP contribution in [0.25, 0.3) is 10.6 Å². The highest BCUT2D eigenvalue weighted by atomic mass is 32.1. The Hall–Kier alpha value is -2.12. The summed E-state index contributed by atoms with van der Waals surface area (Å²) in [5, 5.41) is 8.32. The van der Waals surface area contributed by atoms with Gasteiger partial charge in [0.1, 0.15) is 10.7 Å². The van der Waals surface area contributed by atoms with Crippen molar-refractivity contribution < 1.29 is 14.3 Å². The maximum Gasteiger partial charge on any atom is 0.270 e. The Morgan fingerprint density at radius 1 is 1.33 bits per heavy atom. The Morgan fingerprint density at radius 2 is 2.19 bits per heavy atom. The van der Waals surface area contributed by atoms with Gasteiger partial charge in [-0.15, -0.1) is 11.3 Å². The third kappa shape index (κ3) is 2.98. The van der Waals surface area contributed by atoms with Crippen LogP contribution >= 0.6 is 11.3 Å². The van der Waals surface area contributed by atoms with Crippen molar-refractivity contribution in [2.24, 2.45) is 0 Å². The number of carbonyl (C=O) groups excluding carboxylic acids is 1. The fourth-order valence-corrected chi connectivity index (χ4v) is 2.73. The lowest BCUT2D eigenvalue weighted by molar-refractivity contribution is 0.0950. The molecule has 6 nitrogen and oxygen atoms in total. The predicted octanol–water partition coefficient (Wildman–Crippen LogP) is 1.49. The molecule has 0 radical (unpaired) electrons. The van der Waals surface area contributed by atoms with Crippen LogP contribution in [-0.4, -0.2) is 37.8 Å². The fourth-order valence-electron chi connectivity index (χ4n) is 1.93. The van der Waals surface area contributed by atoms with Crippen LogP contribution in [0.4, 0.5) is 0 Å². The van der Waals surface area contributed by atoms with Gasteiger partial charge in [-0.1, -0.05) is 0 Å². The van der Waals surface area contributed by atoms with E-state index in [2.05, 4.69) is 15.6 Å². The van der Waals surface area contributed by atoms with Crippen LogP contribution in [0.3, 0.4) is 0 Å². The van der Waals surface area contributed by atoms with Gasteiger partial charge in [0.25, 0.3) is 5.91 Å². The molecule has 0 atom stereocenters. The second-order valence-electron chi connectivity index (χ2n) is 4.47. The van der Waals surface area contributed by atoms with E-state index in [-0.39, 0.29) is 12.7 Å². The molecule has 0 bridgehead atoms. The van der Waals surface area contributed by atoms with E-state index in [1.165, 1.54) is 11.3 Å². The lowest BCUT2D eigenvalue weighted by atomic mass is 10.2. The number of amides is 1. The number of fused-ring (bicyclic) bond motifs is 1. The second-order valence-corrected chi connectivity index (χ2v) is 5.32. The van der Waals surface area contributed by atoms with Crippen LogP contribution in [0.2, 0.25) is 0 Å². The van der Waals surface area contributed by atoms with Crippen LogP contribution in [-0.2, 0) is 0 Å². The summed E-state index contributed by atoms with van der Waals surface area (Å²) in [5.74, 6) is 1.29. The molecule has 1 aliphatic heterocycles. The van der Waals surface area contributed by atoms with Gasteiger partial charge in [0.05, 0.1) is 0 Å². The van der Waals surface area contributed by atoms with Crippen molar-refractivity contribution in [2.75, 3.05) is 26.9 Å². The number of aromatic nitrogens is 1. The molecule has 2 N–H and O–H groups in total. The molecule has 2 aromatic rings. The van der Waals surface area contributed by atoms with Crippen molar-refractivity contribution in [3.05, 3.63) is 29.3 Å². The molecule has 3 rings (SSSR count). The number of carbonyl (C=O) groups is 1. The number of nitrogens with one attached hydrogen (secondary N) is 2. The summed E-state index contributed by atoms with van der Waals surface area (Å²) in [4.78, 5) is 16.3. The van der Waals surface area contributed by atoms with Crippen LogP contribution in [0.5, 0.6) is 11.5 Å². The van der Waals surface area contributed by atoms with Crippen molar-refractivity contribution in [2.45, 2.75) is 0 Å². The number of likely N-dealkylation sites (N-methyl/N-ethyl adjacent to an activating group) is 1. The number of nitrogens with zero attached hydrogens (tertiary/aromatic N) is 1. The number of ether oxygens (including phenoxy) is 2. The van der Waals surface area contributed by atoms with E-state index in [4.69, 9.17) is 9.47 Å². The molecule has 0 saturated heterocycles. The first-order valence-electron chi connectivity index (χ1n) is 6.56. The van der Waals surface area contributed by atoms with Crippen LogP contribution in [0.15, 0.2) is 23.6 Å². The Bertz CT molecular complexity index is 657. The lowest BCUT2D eigenvalue weighted by Crippen LogP contribution is -2.30. The molecule has 0 spiro atoms. The van der Waals surface area contributed by atoms with E-state index in [0.717, 1.165) is 22.9 Å². The molecular weight excluding hydrogens is 290 g/mol. The van der Waals surface area contributed by atoms with E-state index < -0.39 is 0 Å². The highest BCUT2D eigenvalue weighted by Crippen LogP contribution is 2.36. The lowest BCUT2D eigenvalue weighted by Gasteiger charge is -2.01. The molecule has 1 amide bonds. The summed E-state index contributed by atoms with van der Waals surface area (Å²) in [6.45, 7) is 1.55. The average Bonchev–Trinajstić information content (AvgIpc) is 3.15. The van der Waals surface area contributed by atoms with Gasteiger partial charge in [0, 0.05) is 24.0 Å². The second kappa shape index (κ2) is 6.11. The summed E-state index contributed by atoms with van der Waals surface area (Å²) < 4.78 is 10.6. The third-order valence-electron chi connectivity index (χ3n) is 3.02. The van der Waals surface area contributed by atoms with Crippen molar-refractivity contribution in [3.8, 4) is 22.1 Å².